The van der Waals surface area contributed by atoms with E-state index >= 15 is 0 Å². The van der Waals surface area contributed by atoms with Crippen LogP contribution in [0.2, 0.25) is 0 Å². The van der Waals surface area contributed by atoms with Crippen LogP contribution in [0.3, 0.4) is 0 Å². The van der Waals surface area contributed by atoms with Gasteiger partial charge in [0, 0.05) is 22.5 Å². The highest BCUT2D eigenvalue weighted by Gasteiger charge is 2.27. The van der Waals surface area contributed by atoms with Crippen LogP contribution in [0.25, 0.3) is 11.3 Å². The number of hydrogen-bond acceptors (Lipinski definition) is 4. The van der Waals surface area contributed by atoms with Gasteiger partial charge >= 0.3 is 0 Å². The van der Waals surface area contributed by atoms with Crippen LogP contribution in [0.15, 0.2) is 46.3 Å². The molecule has 1 aromatic carbocycles. The Bertz CT molecular complexity index is 851. The van der Waals surface area contributed by atoms with E-state index in [0.29, 0.717) is 12.2 Å². The van der Waals surface area contributed by atoms with Gasteiger partial charge in [0.25, 0.3) is 5.91 Å². The minimum atomic E-state index is -0.133. The quantitative estimate of drug-likeness (QED) is 0.719. The van der Waals surface area contributed by atoms with Gasteiger partial charge in [-0.05, 0) is 42.7 Å². The first-order valence-corrected chi connectivity index (χ1v) is 9.08. The molecule has 0 fully saturated rings. The molecule has 3 aromatic rings. The third kappa shape index (κ3) is 2.87. The molecular weight excluding hydrogens is 320 g/mol. The number of benzene rings is 1. The number of hydrogen-bond donors (Lipinski definition) is 1. The molecule has 1 N–H and O–H groups in total. The molecule has 0 atom stereocenters. The van der Waals surface area contributed by atoms with Crippen LogP contribution in [0, 0.1) is 0 Å². The molecule has 1 aliphatic carbocycles. The number of aryl methyl sites for hydroxylation is 2. The van der Waals surface area contributed by atoms with Crippen LogP contribution in [-0.2, 0) is 19.3 Å². The van der Waals surface area contributed by atoms with Crippen molar-refractivity contribution in [3.8, 4) is 11.3 Å². The summed E-state index contributed by atoms with van der Waals surface area (Å²) in [7, 11) is 0. The molecule has 0 saturated heterocycles. The average Bonchev–Trinajstić information content (AvgIpc) is 3.25. The topological polar surface area (TPSA) is 55.1 Å². The maximum Gasteiger partial charge on any atom is 0.273 e. The minimum absolute atomic E-state index is 0.133. The van der Waals surface area contributed by atoms with E-state index in [9.17, 15) is 4.79 Å². The Morgan fingerprint density at radius 2 is 2.08 bits per heavy atom. The van der Waals surface area contributed by atoms with Crippen molar-refractivity contribution in [3.63, 3.8) is 0 Å². The highest BCUT2D eigenvalue weighted by Crippen LogP contribution is 2.37. The van der Waals surface area contributed by atoms with E-state index in [-0.39, 0.29) is 5.91 Å². The molecule has 2 heterocycles. The summed E-state index contributed by atoms with van der Waals surface area (Å²) in [5, 5.41) is 9.06. The smallest absolute Gasteiger partial charge is 0.273 e. The second-order valence-electron chi connectivity index (χ2n) is 5.94. The molecule has 24 heavy (non-hydrogen) atoms. The first-order chi connectivity index (χ1) is 11.8. The van der Waals surface area contributed by atoms with Gasteiger partial charge < -0.3 is 9.84 Å². The molecule has 2 aromatic heterocycles. The summed E-state index contributed by atoms with van der Waals surface area (Å²) < 4.78 is 5.46. The van der Waals surface area contributed by atoms with Crippen LogP contribution >= 0.6 is 11.3 Å². The number of nitrogens with one attached hydrogen (secondary N) is 1. The van der Waals surface area contributed by atoms with Crippen molar-refractivity contribution in [2.75, 3.05) is 6.54 Å². The van der Waals surface area contributed by atoms with Crippen molar-refractivity contribution in [3.05, 3.63) is 63.5 Å². The van der Waals surface area contributed by atoms with Crippen molar-refractivity contribution in [1.82, 2.24) is 10.5 Å². The molecule has 1 aliphatic rings. The molecule has 0 aliphatic heterocycles. The fraction of sp³-hybridized carbons (Fsp3) is 0.263. The number of rotatable bonds is 5. The van der Waals surface area contributed by atoms with Gasteiger partial charge in [-0.3, -0.25) is 4.79 Å². The highest BCUT2D eigenvalue weighted by atomic mass is 32.1. The SMILES string of the molecule is O=C(NCCCc1ccccc1)c1noc2c1CCc1sccc1-2. The van der Waals surface area contributed by atoms with Crippen molar-refractivity contribution in [2.24, 2.45) is 0 Å². The van der Waals surface area contributed by atoms with Gasteiger partial charge in [-0.15, -0.1) is 11.3 Å². The van der Waals surface area contributed by atoms with Crippen molar-refractivity contribution in [2.45, 2.75) is 25.7 Å². The Morgan fingerprint density at radius 1 is 1.21 bits per heavy atom. The molecule has 0 radical (unpaired) electrons. The number of carbonyl (C=O) groups excluding carboxylic acids is 1. The molecule has 0 bridgehead atoms. The van der Waals surface area contributed by atoms with Gasteiger partial charge in [-0.1, -0.05) is 35.5 Å². The summed E-state index contributed by atoms with van der Waals surface area (Å²) in [5.74, 6) is 0.638. The molecule has 4 rings (SSSR count). The Hall–Kier alpha value is -2.40. The summed E-state index contributed by atoms with van der Waals surface area (Å²) in [6.45, 7) is 0.638. The zero-order valence-corrected chi connectivity index (χ0v) is 14.1. The number of carbonyl (C=O) groups is 1. The summed E-state index contributed by atoms with van der Waals surface area (Å²) in [6.07, 6.45) is 3.63. The lowest BCUT2D eigenvalue weighted by Crippen LogP contribution is -2.26. The summed E-state index contributed by atoms with van der Waals surface area (Å²) in [5.41, 5.74) is 3.77. The van der Waals surface area contributed by atoms with Gasteiger partial charge in [-0.2, -0.15) is 0 Å². The third-order valence-electron chi connectivity index (χ3n) is 4.37. The van der Waals surface area contributed by atoms with Gasteiger partial charge in [0.1, 0.15) is 0 Å². The van der Waals surface area contributed by atoms with E-state index in [4.69, 9.17) is 4.52 Å². The summed E-state index contributed by atoms with van der Waals surface area (Å²) >= 11 is 1.73. The number of nitrogens with zero attached hydrogens (tertiary/aromatic N) is 1. The van der Waals surface area contributed by atoms with Crippen LogP contribution in [0.4, 0.5) is 0 Å². The monoisotopic (exact) mass is 338 g/mol. The minimum Gasteiger partial charge on any atom is -0.355 e. The number of thiophene rings is 1. The Labute approximate surface area is 144 Å². The van der Waals surface area contributed by atoms with E-state index in [1.807, 2.05) is 24.3 Å². The highest BCUT2D eigenvalue weighted by molar-refractivity contribution is 7.10. The van der Waals surface area contributed by atoms with Crippen molar-refractivity contribution < 1.29 is 9.32 Å². The largest absolute Gasteiger partial charge is 0.355 e. The van der Waals surface area contributed by atoms with E-state index in [1.165, 1.54) is 10.4 Å². The van der Waals surface area contributed by atoms with E-state index in [1.54, 1.807) is 11.3 Å². The number of fused-ring (bicyclic) bond motifs is 3. The van der Waals surface area contributed by atoms with Gasteiger partial charge in [-0.25, -0.2) is 0 Å². The summed E-state index contributed by atoms with van der Waals surface area (Å²) in [4.78, 5) is 13.7. The van der Waals surface area contributed by atoms with Gasteiger partial charge in [0.15, 0.2) is 11.5 Å². The fourth-order valence-electron chi connectivity index (χ4n) is 3.13. The van der Waals surface area contributed by atoms with Gasteiger partial charge in [0.05, 0.1) is 0 Å². The first kappa shape index (κ1) is 15.1. The Morgan fingerprint density at radius 3 is 2.96 bits per heavy atom. The molecular formula is C19H18N2O2S. The predicted octanol–water partition coefficient (Wildman–Crippen LogP) is 3.86. The second-order valence-corrected chi connectivity index (χ2v) is 6.94. The molecule has 0 spiro atoms. The predicted molar refractivity (Wildman–Crippen MR) is 94.3 cm³/mol. The van der Waals surface area contributed by atoms with E-state index < -0.39 is 0 Å². The van der Waals surface area contributed by atoms with Crippen molar-refractivity contribution in [1.29, 1.82) is 0 Å². The molecule has 0 saturated carbocycles. The molecule has 5 heteroatoms. The maximum absolute atomic E-state index is 12.4. The van der Waals surface area contributed by atoms with E-state index in [2.05, 4.69) is 28.0 Å². The number of amides is 1. The molecule has 0 unspecified atom stereocenters. The zero-order valence-electron chi connectivity index (χ0n) is 13.2. The molecule has 4 nitrogen and oxygen atoms in total. The van der Waals surface area contributed by atoms with Crippen LogP contribution in [0.5, 0.6) is 0 Å². The maximum atomic E-state index is 12.4. The molecule has 1 amide bonds. The van der Waals surface area contributed by atoms with E-state index in [0.717, 1.165) is 42.6 Å². The summed E-state index contributed by atoms with van der Waals surface area (Å²) in [6, 6.07) is 12.3. The number of aromatic nitrogens is 1. The van der Waals surface area contributed by atoms with Crippen LogP contribution in [0.1, 0.15) is 32.9 Å². The fourth-order valence-corrected chi connectivity index (χ4v) is 4.01. The lowest BCUT2D eigenvalue weighted by molar-refractivity contribution is 0.0943. The van der Waals surface area contributed by atoms with Crippen LogP contribution in [-0.4, -0.2) is 17.6 Å². The second kappa shape index (κ2) is 6.61. The standard InChI is InChI=1S/C19H18N2O2S/c22-19(20-11-4-7-13-5-2-1-3-6-13)17-15-8-9-16-14(10-12-24-16)18(15)23-21-17/h1-3,5-6,10,12H,4,7-9,11H2,(H,20,22). The van der Waals surface area contributed by atoms with Crippen LogP contribution < -0.4 is 5.32 Å². The van der Waals surface area contributed by atoms with Crippen molar-refractivity contribution >= 4 is 17.2 Å². The lowest BCUT2D eigenvalue weighted by Gasteiger charge is -2.10. The van der Waals surface area contributed by atoms with Gasteiger partial charge in [0.2, 0.25) is 0 Å². The Balaban J connectivity index is 1.38. The first-order valence-electron chi connectivity index (χ1n) is 8.20. The zero-order chi connectivity index (χ0) is 16.4. The third-order valence-corrected chi connectivity index (χ3v) is 5.35. The normalized spacial score (nSPS) is 12.5. The average molecular weight is 338 g/mol. The lowest BCUT2D eigenvalue weighted by atomic mass is 9.95. The Kier molecular flexibility index (Phi) is 4.17. The molecule has 122 valence electrons.